The second-order valence-electron chi connectivity index (χ2n) is 6.50. The van der Waals surface area contributed by atoms with E-state index in [-0.39, 0.29) is 28.2 Å². The summed E-state index contributed by atoms with van der Waals surface area (Å²) in [7, 11) is 3.00. The molecular formula is C22H18N4O6S. The smallest absolute Gasteiger partial charge is 0.335 e. The molecule has 0 unspecified atom stereocenters. The highest BCUT2D eigenvalue weighted by molar-refractivity contribution is 7.98. The number of carboxylic acids is 2. The lowest BCUT2D eigenvalue weighted by atomic mass is 10.1. The number of hydrogen-bond acceptors (Lipinski definition) is 9. The van der Waals surface area contributed by atoms with Gasteiger partial charge in [0.25, 0.3) is 0 Å². The van der Waals surface area contributed by atoms with Crippen molar-refractivity contribution in [1.29, 1.82) is 5.26 Å². The van der Waals surface area contributed by atoms with Crippen molar-refractivity contribution in [3.63, 3.8) is 0 Å². The Morgan fingerprint density at radius 1 is 1.00 bits per heavy atom. The van der Waals surface area contributed by atoms with Gasteiger partial charge < -0.3 is 25.0 Å². The van der Waals surface area contributed by atoms with E-state index in [9.17, 15) is 25.1 Å². The number of methoxy groups -OCH3 is 2. The molecule has 0 fully saturated rings. The maximum Gasteiger partial charge on any atom is 0.335 e. The standard InChI is InChI=1S/C22H18N4O6S/c1-31-16-5-4-11(9-17(16)32-2)18-15(10-23)19(26-22(25-18)33-3)24-14-7-12(20(27)28)6-13(8-14)21(29)30/h4-9H,1-3H3,(H,27,28)(H,29,30)(H,24,25,26). The van der Waals surface area contributed by atoms with Crippen molar-refractivity contribution < 1.29 is 29.3 Å². The SMILES string of the molecule is COc1ccc(-c2nc(SC)nc(Nc3cc(C(=O)O)cc(C(=O)O)c3)c2C#N)cc1OC. The highest BCUT2D eigenvalue weighted by Gasteiger charge is 2.19. The molecule has 0 saturated carbocycles. The summed E-state index contributed by atoms with van der Waals surface area (Å²) in [6, 6.07) is 10.7. The molecule has 0 aliphatic rings. The molecule has 0 radical (unpaired) electrons. The molecule has 33 heavy (non-hydrogen) atoms. The number of carboxylic acid groups (broad SMARTS) is 2. The molecule has 1 heterocycles. The summed E-state index contributed by atoms with van der Waals surface area (Å²) in [5.41, 5.74) is 0.652. The molecule has 1 aromatic heterocycles. The summed E-state index contributed by atoms with van der Waals surface area (Å²) in [4.78, 5) is 31.7. The van der Waals surface area contributed by atoms with Crippen LogP contribution in [0.15, 0.2) is 41.6 Å². The average molecular weight is 466 g/mol. The minimum atomic E-state index is -1.29. The molecule has 0 aliphatic heterocycles. The fourth-order valence-electron chi connectivity index (χ4n) is 3.00. The first-order valence-corrected chi connectivity index (χ1v) is 10.5. The number of nitriles is 1. The van der Waals surface area contributed by atoms with Crippen LogP contribution in [-0.2, 0) is 0 Å². The lowest BCUT2D eigenvalue weighted by molar-refractivity contribution is 0.0696. The second-order valence-corrected chi connectivity index (χ2v) is 7.27. The molecule has 3 aromatic rings. The minimum Gasteiger partial charge on any atom is -0.493 e. The van der Waals surface area contributed by atoms with Gasteiger partial charge in [0.2, 0.25) is 0 Å². The van der Waals surface area contributed by atoms with Crippen molar-refractivity contribution in [2.45, 2.75) is 5.16 Å². The highest BCUT2D eigenvalue weighted by Crippen LogP contribution is 2.35. The summed E-state index contributed by atoms with van der Waals surface area (Å²) in [5, 5.41) is 31.8. The predicted octanol–water partition coefficient (Wildman–Crippen LogP) is 3.89. The predicted molar refractivity (Wildman–Crippen MR) is 121 cm³/mol. The van der Waals surface area contributed by atoms with Gasteiger partial charge in [-0.25, -0.2) is 19.6 Å². The number of nitrogens with one attached hydrogen (secondary N) is 1. The van der Waals surface area contributed by atoms with Gasteiger partial charge in [-0.05, 0) is 42.7 Å². The Bertz CT molecular complexity index is 1260. The number of ether oxygens (including phenoxy) is 2. The van der Waals surface area contributed by atoms with Crippen LogP contribution in [0.3, 0.4) is 0 Å². The van der Waals surface area contributed by atoms with E-state index in [1.807, 2.05) is 0 Å². The van der Waals surface area contributed by atoms with Crippen LogP contribution >= 0.6 is 11.8 Å². The topological polar surface area (TPSA) is 155 Å². The van der Waals surface area contributed by atoms with E-state index in [1.54, 1.807) is 24.5 Å². The van der Waals surface area contributed by atoms with Crippen LogP contribution in [0.5, 0.6) is 11.5 Å². The Hall–Kier alpha value is -4.30. The molecule has 0 bridgehead atoms. The summed E-state index contributed by atoms with van der Waals surface area (Å²) < 4.78 is 10.6. The third-order valence-electron chi connectivity index (χ3n) is 4.53. The van der Waals surface area contributed by atoms with Crippen molar-refractivity contribution in [1.82, 2.24) is 9.97 Å². The second kappa shape index (κ2) is 9.88. The Morgan fingerprint density at radius 3 is 2.15 bits per heavy atom. The largest absolute Gasteiger partial charge is 0.493 e. The van der Waals surface area contributed by atoms with Crippen LogP contribution in [0.1, 0.15) is 26.3 Å². The molecule has 3 N–H and O–H groups in total. The van der Waals surface area contributed by atoms with Crippen LogP contribution in [0.25, 0.3) is 11.3 Å². The van der Waals surface area contributed by atoms with Gasteiger partial charge in [0.1, 0.15) is 11.6 Å². The van der Waals surface area contributed by atoms with Gasteiger partial charge in [0.05, 0.1) is 31.0 Å². The minimum absolute atomic E-state index is 0.0811. The molecule has 11 heteroatoms. The lowest BCUT2D eigenvalue weighted by Gasteiger charge is -2.14. The van der Waals surface area contributed by atoms with Crippen LogP contribution in [0, 0.1) is 11.3 Å². The third-order valence-corrected chi connectivity index (χ3v) is 5.08. The zero-order valence-electron chi connectivity index (χ0n) is 17.7. The molecule has 0 aliphatic carbocycles. The number of benzene rings is 2. The van der Waals surface area contributed by atoms with Crippen LogP contribution in [0.2, 0.25) is 0 Å². The zero-order chi connectivity index (χ0) is 24.1. The van der Waals surface area contributed by atoms with Gasteiger partial charge in [0.15, 0.2) is 22.5 Å². The van der Waals surface area contributed by atoms with Crippen LogP contribution in [0.4, 0.5) is 11.5 Å². The summed E-state index contributed by atoms with van der Waals surface area (Å²) >= 11 is 1.24. The first kappa shape index (κ1) is 23.4. The van der Waals surface area contributed by atoms with Gasteiger partial charge in [-0.2, -0.15) is 5.26 Å². The van der Waals surface area contributed by atoms with E-state index in [0.717, 1.165) is 6.07 Å². The molecule has 0 spiro atoms. The normalized spacial score (nSPS) is 10.2. The zero-order valence-corrected chi connectivity index (χ0v) is 18.6. The van der Waals surface area contributed by atoms with Crippen molar-refractivity contribution in [2.75, 3.05) is 25.8 Å². The maximum atomic E-state index is 11.4. The number of aromatic carboxylic acids is 2. The van der Waals surface area contributed by atoms with Crippen molar-refractivity contribution in [2.24, 2.45) is 0 Å². The number of aromatic nitrogens is 2. The van der Waals surface area contributed by atoms with Crippen LogP contribution < -0.4 is 14.8 Å². The van der Waals surface area contributed by atoms with Crippen molar-refractivity contribution >= 4 is 35.2 Å². The first-order chi connectivity index (χ1) is 15.8. The van der Waals surface area contributed by atoms with Gasteiger partial charge in [0, 0.05) is 11.3 Å². The number of carbonyl (C=O) groups is 2. The van der Waals surface area contributed by atoms with E-state index in [4.69, 9.17) is 9.47 Å². The molecule has 168 valence electrons. The van der Waals surface area contributed by atoms with Crippen molar-refractivity contribution in [3.8, 4) is 28.8 Å². The fraction of sp³-hybridized carbons (Fsp3) is 0.136. The number of anilines is 2. The highest BCUT2D eigenvalue weighted by atomic mass is 32.2. The quantitative estimate of drug-likeness (QED) is 0.327. The fourth-order valence-corrected chi connectivity index (χ4v) is 3.37. The third kappa shape index (κ3) is 4.97. The van der Waals surface area contributed by atoms with Gasteiger partial charge >= 0.3 is 11.9 Å². The van der Waals surface area contributed by atoms with Crippen molar-refractivity contribution in [3.05, 3.63) is 53.1 Å². The van der Waals surface area contributed by atoms with E-state index in [0.29, 0.717) is 27.9 Å². The first-order valence-electron chi connectivity index (χ1n) is 9.28. The molecule has 0 amide bonds. The Labute approximate surface area is 192 Å². The van der Waals surface area contributed by atoms with E-state index < -0.39 is 11.9 Å². The monoisotopic (exact) mass is 466 g/mol. The summed E-state index contributed by atoms with van der Waals surface area (Å²) in [6.07, 6.45) is 1.76. The molecule has 10 nitrogen and oxygen atoms in total. The molecular weight excluding hydrogens is 448 g/mol. The Morgan fingerprint density at radius 2 is 1.64 bits per heavy atom. The summed E-state index contributed by atoms with van der Waals surface area (Å²) in [5.74, 6) is -1.54. The Balaban J connectivity index is 2.18. The maximum absolute atomic E-state index is 11.4. The van der Waals surface area contributed by atoms with E-state index >= 15 is 0 Å². The van der Waals surface area contributed by atoms with E-state index in [1.165, 1.54) is 38.1 Å². The number of thioether (sulfide) groups is 1. The van der Waals surface area contributed by atoms with Gasteiger partial charge in [-0.15, -0.1) is 0 Å². The van der Waals surface area contributed by atoms with E-state index in [2.05, 4.69) is 21.4 Å². The number of nitrogens with zero attached hydrogens (tertiary/aromatic N) is 3. The molecule has 3 rings (SSSR count). The van der Waals surface area contributed by atoms with Crippen LogP contribution in [-0.4, -0.2) is 52.6 Å². The lowest BCUT2D eigenvalue weighted by Crippen LogP contribution is -2.07. The molecule has 2 aromatic carbocycles. The van der Waals surface area contributed by atoms with Gasteiger partial charge in [-0.3, -0.25) is 0 Å². The molecule has 0 atom stereocenters. The number of rotatable bonds is 8. The Kier molecular flexibility index (Phi) is 7.00. The average Bonchev–Trinajstić information content (AvgIpc) is 2.82. The summed E-state index contributed by atoms with van der Waals surface area (Å²) in [6.45, 7) is 0. The number of hydrogen-bond donors (Lipinski definition) is 3. The van der Waals surface area contributed by atoms with Gasteiger partial charge in [-0.1, -0.05) is 11.8 Å². The molecule has 0 saturated heterocycles.